The van der Waals surface area contributed by atoms with Crippen LogP contribution in [0.25, 0.3) is 17.2 Å². The highest BCUT2D eigenvalue weighted by Gasteiger charge is 2.16. The number of aliphatic hydroxyl groups is 1. The van der Waals surface area contributed by atoms with Gasteiger partial charge in [-0.15, -0.1) is 0 Å². The zero-order valence-electron chi connectivity index (χ0n) is 12.5. The molecular formula is C19H23NO. The molecule has 0 saturated heterocycles. The molecule has 2 aromatic carbocycles. The van der Waals surface area contributed by atoms with E-state index in [4.69, 9.17) is 5.73 Å². The minimum Gasteiger partial charge on any atom is -0.394 e. The third kappa shape index (κ3) is 4.28. The van der Waals surface area contributed by atoms with Crippen LogP contribution in [0, 0.1) is 0 Å². The van der Waals surface area contributed by atoms with Crippen molar-refractivity contribution >= 4 is 6.08 Å². The fraction of sp³-hybridized carbons (Fsp3) is 0.263. The van der Waals surface area contributed by atoms with Crippen molar-refractivity contribution in [1.29, 1.82) is 0 Å². The van der Waals surface area contributed by atoms with Gasteiger partial charge in [-0.25, -0.2) is 0 Å². The van der Waals surface area contributed by atoms with Crippen LogP contribution in [0.3, 0.4) is 0 Å². The molecule has 21 heavy (non-hydrogen) atoms. The standard InChI is InChI=1S/C19H23NO/c1-3-15-4-8-17(9-5-15)18-10-6-16(7-11-18)12-13-19(2,20)14-21/h3-11,21H,1,12-14,20H2,2H3. The van der Waals surface area contributed by atoms with Crippen molar-refractivity contribution in [2.75, 3.05) is 6.61 Å². The van der Waals surface area contributed by atoms with E-state index in [2.05, 4.69) is 55.1 Å². The monoisotopic (exact) mass is 281 g/mol. The Balaban J connectivity index is 2.06. The second-order valence-corrected chi connectivity index (χ2v) is 5.84. The molecule has 0 aliphatic rings. The van der Waals surface area contributed by atoms with Crippen molar-refractivity contribution in [1.82, 2.24) is 0 Å². The SMILES string of the molecule is C=Cc1ccc(-c2ccc(CCC(C)(N)CO)cc2)cc1. The Morgan fingerprint density at radius 3 is 2.05 bits per heavy atom. The molecule has 2 rings (SSSR count). The largest absolute Gasteiger partial charge is 0.394 e. The van der Waals surface area contributed by atoms with Gasteiger partial charge < -0.3 is 10.8 Å². The molecule has 0 radical (unpaired) electrons. The molecule has 2 nitrogen and oxygen atoms in total. The summed E-state index contributed by atoms with van der Waals surface area (Å²) >= 11 is 0. The summed E-state index contributed by atoms with van der Waals surface area (Å²) in [6.07, 6.45) is 3.50. The highest BCUT2D eigenvalue weighted by molar-refractivity contribution is 5.65. The summed E-state index contributed by atoms with van der Waals surface area (Å²) in [7, 11) is 0. The van der Waals surface area contributed by atoms with Crippen molar-refractivity contribution in [2.45, 2.75) is 25.3 Å². The van der Waals surface area contributed by atoms with E-state index in [0.29, 0.717) is 0 Å². The summed E-state index contributed by atoms with van der Waals surface area (Å²) in [6.45, 7) is 5.66. The highest BCUT2D eigenvalue weighted by atomic mass is 16.3. The van der Waals surface area contributed by atoms with Gasteiger partial charge in [0.25, 0.3) is 0 Å². The molecule has 0 aromatic heterocycles. The lowest BCUT2D eigenvalue weighted by Gasteiger charge is -2.21. The van der Waals surface area contributed by atoms with E-state index in [1.807, 2.05) is 13.0 Å². The molecule has 2 aromatic rings. The summed E-state index contributed by atoms with van der Waals surface area (Å²) in [5.41, 5.74) is 10.2. The van der Waals surface area contributed by atoms with E-state index >= 15 is 0 Å². The first-order valence-corrected chi connectivity index (χ1v) is 7.26. The molecule has 0 heterocycles. The van der Waals surface area contributed by atoms with E-state index in [9.17, 15) is 5.11 Å². The van der Waals surface area contributed by atoms with Crippen LogP contribution in [-0.4, -0.2) is 17.3 Å². The third-order valence-electron chi connectivity index (χ3n) is 3.78. The van der Waals surface area contributed by atoms with Crippen molar-refractivity contribution in [3.8, 4) is 11.1 Å². The maximum absolute atomic E-state index is 9.18. The van der Waals surface area contributed by atoms with E-state index in [1.54, 1.807) is 0 Å². The van der Waals surface area contributed by atoms with Crippen LogP contribution in [-0.2, 0) is 6.42 Å². The lowest BCUT2D eigenvalue weighted by molar-refractivity contribution is 0.200. The molecule has 0 aliphatic carbocycles. The Hall–Kier alpha value is -1.90. The molecule has 0 aliphatic heterocycles. The van der Waals surface area contributed by atoms with Crippen LogP contribution in [0.15, 0.2) is 55.1 Å². The van der Waals surface area contributed by atoms with Gasteiger partial charge in [-0.05, 0) is 42.0 Å². The van der Waals surface area contributed by atoms with Crippen molar-refractivity contribution in [2.24, 2.45) is 5.73 Å². The molecule has 3 N–H and O–H groups in total. The molecule has 1 unspecified atom stereocenters. The lowest BCUT2D eigenvalue weighted by atomic mass is 9.94. The Labute approximate surface area is 126 Å². The maximum Gasteiger partial charge on any atom is 0.0608 e. The van der Waals surface area contributed by atoms with Crippen molar-refractivity contribution in [3.63, 3.8) is 0 Å². The van der Waals surface area contributed by atoms with Crippen LogP contribution in [0.2, 0.25) is 0 Å². The van der Waals surface area contributed by atoms with Gasteiger partial charge in [-0.1, -0.05) is 61.2 Å². The fourth-order valence-electron chi connectivity index (χ4n) is 2.18. The van der Waals surface area contributed by atoms with Crippen molar-refractivity contribution < 1.29 is 5.11 Å². The first-order valence-electron chi connectivity index (χ1n) is 7.26. The van der Waals surface area contributed by atoms with Crippen LogP contribution in [0.1, 0.15) is 24.5 Å². The first-order chi connectivity index (χ1) is 10.0. The van der Waals surface area contributed by atoms with Crippen LogP contribution in [0.4, 0.5) is 0 Å². The number of aliphatic hydroxyl groups excluding tert-OH is 1. The fourth-order valence-corrected chi connectivity index (χ4v) is 2.18. The molecule has 1 atom stereocenters. The molecule has 0 fully saturated rings. The minimum atomic E-state index is -0.501. The predicted molar refractivity (Wildman–Crippen MR) is 90.0 cm³/mol. The van der Waals surface area contributed by atoms with Gasteiger partial charge in [0.2, 0.25) is 0 Å². The predicted octanol–water partition coefficient (Wildman–Crippen LogP) is 3.64. The molecular weight excluding hydrogens is 258 g/mol. The number of aryl methyl sites for hydroxylation is 1. The first kappa shape index (κ1) is 15.5. The van der Waals surface area contributed by atoms with Gasteiger partial charge in [-0.2, -0.15) is 0 Å². The molecule has 2 heteroatoms. The summed E-state index contributed by atoms with van der Waals surface area (Å²) in [6, 6.07) is 16.9. The summed E-state index contributed by atoms with van der Waals surface area (Å²) in [4.78, 5) is 0. The quantitative estimate of drug-likeness (QED) is 0.849. The number of nitrogens with two attached hydrogens (primary N) is 1. The molecule has 0 amide bonds. The van der Waals surface area contributed by atoms with Gasteiger partial charge in [-0.3, -0.25) is 0 Å². The maximum atomic E-state index is 9.18. The zero-order valence-corrected chi connectivity index (χ0v) is 12.5. The Morgan fingerprint density at radius 1 is 1.05 bits per heavy atom. The normalized spacial score (nSPS) is 13.7. The highest BCUT2D eigenvalue weighted by Crippen LogP contribution is 2.21. The minimum absolute atomic E-state index is 0.0146. The number of hydrogen-bond acceptors (Lipinski definition) is 2. The van der Waals surface area contributed by atoms with E-state index < -0.39 is 5.54 Å². The second kappa shape index (κ2) is 6.70. The molecule has 0 spiro atoms. The van der Waals surface area contributed by atoms with Gasteiger partial charge in [0.05, 0.1) is 6.61 Å². The third-order valence-corrected chi connectivity index (χ3v) is 3.78. The number of benzene rings is 2. The average molecular weight is 281 g/mol. The zero-order chi connectivity index (χ0) is 15.3. The topological polar surface area (TPSA) is 46.2 Å². The lowest BCUT2D eigenvalue weighted by Crippen LogP contribution is -2.40. The van der Waals surface area contributed by atoms with Gasteiger partial charge in [0, 0.05) is 5.54 Å². The second-order valence-electron chi connectivity index (χ2n) is 5.84. The molecule has 0 bridgehead atoms. The smallest absolute Gasteiger partial charge is 0.0608 e. The van der Waals surface area contributed by atoms with Crippen LogP contribution >= 0.6 is 0 Å². The van der Waals surface area contributed by atoms with E-state index in [0.717, 1.165) is 18.4 Å². The van der Waals surface area contributed by atoms with Crippen LogP contribution < -0.4 is 5.73 Å². The van der Waals surface area contributed by atoms with Crippen LogP contribution in [0.5, 0.6) is 0 Å². The van der Waals surface area contributed by atoms with Gasteiger partial charge in [0.1, 0.15) is 0 Å². The Kier molecular flexibility index (Phi) is 4.94. The average Bonchev–Trinajstić information content (AvgIpc) is 2.54. The molecule has 110 valence electrons. The van der Waals surface area contributed by atoms with E-state index in [-0.39, 0.29) is 6.61 Å². The summed E-state index contributed by atoms with van der Waals surface area (Å²) in [5, 5.41) is 9.18. The summed E-state index contributed by atoms with van der Waals surface area (Å²) < 4.78 is 0. The van der Waals surface area contributed by atoms with Gasteiger partial charge in [0.15, 0.2) is 0 Å². The Bertz CT molecular complexity index is 582. The van der Waals surface area contributed by atoms with E-state index in [1.165, 1.54) is 16.7 Å². The Morgan fingerprint density at radius 2 is 1.57 bits per heavy atom. The number of rotatable bonds is 6. The van der Waals surface area contributed by atoms with Gasteiger partial charge >= 0.3 is 0 Å². The molecule has 0 saturated carbocycles. The summed E-state index contributed by atoms with van der Waals surface area (Å²) in [5.74, 6) is 0. The number of hydrogen-bond donors (Lipinski definition) is 2. The van der Waals surface area contributed by atoms with Crippen molar-refractivity contribution in [3.05, 3.63) is 66.2 Å².